The number of unbranched alkanes of at least 4 members (excludes halogenated alkanes) is 6. The predicted molar refractivity (Wildman–Crippen MR) is 114 cm³/mol. The Hall–Kier alpha value is -1.31. The quantitative estimate of drug-likeness (QED) is 0.324. The minimum atomic E-state index is -1.68. The SMILES string of the molecule is N[C@@](O)(c1ccccc1)[C@H](CN1CCOCC1)C(=O)CCCCCCCCCO. The van der Waals surface area contributed by atoms with E-state index in [1.807, 2.05) is 18.2 Å². The Labute approximate surface area is 175 Å². The third-order valence-corrected chi connectivity index (χ3v) is 5.78. The maximum absolute atomic E-state index is 13.1. The number of ketones is 1. The van der Waals surface area contributed by atoms with Crippen LogP contribution in [0.3, 0.4) is 0 Å². The molecule has 1 saturated heterocycles. The van der Waals surface area contributed by atoms with Gasteiger partial charge < -0.3 is 14.9 Å². The van der Waals surface area contributed by atoms with Crippen molar-refractivity contribution >= 4 is 5.78 Å². The average molecular weight is 407 g/mol. The Kier molecular flexibility index (Phi) is 10.8. The summed E-state index contributed by atoms with van der Waals surface area (Å²) in [6, 6.07) is 9.11. The van der Waals surface area contributed by atoms with Crippen molar-refractivity contribution in [2.24, 2.45) is 11.7 Å². The molecule has 0 amide bonds. The Bertz CT molecular complexity index is 574. The summed E-state index contributed by atoms with van der Waals surface area (Å²) < 4.78 is 5.40. The molecule has 0 saturated carbocycles. The fraction of sp³-hybridized carbons (Fsp3) is 0.696. The van der Waals surface area contributed by atoms with Crippen molar-refractivity contribution in [2.75, 3.05) is 39.5 Å². The first-order valence-electron chi connectivity index (χ1n) is 11.1. The number of aliphatic hydroxyl groups is 2. The van der Waals surface area contributed by atoms with Crippen molar-refractivity contribution in [1.29, 1.82) is 0 Å². The van der Waals surface area contributed by atoms with Gasteiger partial charge >= 0.3 is 0 Å². The van der Waals surface area contributed by atoms with E-state index in [0.717, 1.165) is 58.0 Å². The topological polar surface area (TPSA) is 96.0 Å². The number of ether oxygens (including phenoxy) is 1. The van der Waals surface area contributed by atoms with Crippen molar-refractivity contribution in [3.8, 4) is 0 Å². The van der Waals surface area contributed by atoms with Crippen LogP contribution in [0.15, 0.2) is 30.3 Å². The van der Waals surface area contributed by atoms with Gasteiger partial charge in [0.2, 0.25) is 0 Å². The molecule has 6 nitrogen and oxygen atoms in total. The first-order chi connectivity index (χ1) is 14.1. The Morgan fingerprint density at radius 1 is 1.03 bits per heavy atom. The zero-order valence-electron chi connectivity index (χ0n) is 17.6. The van der Waals surface area contributed by atoms with Crippen molar-refractivity contribution in [3.63, 3.8) is 0 Å². The molecule has 0 aliphatic carbocycles. The van der Waals surface area contributed by atoms with Crippen LogP contribution in [0.5, 0.6) is 0 Å². The summed E-state index contributed by atoms with van der Waals surface area (Å²) in [5, 5.41) is 20.0. The highest BCUT2D eigenvalue weighted by Crippen LogP contribution is 2.28. The molecule has 1 aliphatic rings. The van der Waals surface area contributed by atoms with Crippen LogP contribution >= 0.6 is 0 Å². The van der Waals surface area contributed by atoms with Crippen molar-refractivity contribution in [1.82, 2.24) is 4.90 Å². The number of hydrogen-bond donors (Lipinski definition) is 3. The van der Waals surface area contributed by atoms with E-state index in [4.69, 9.17) is 15.6 Å². The number of rotatable bonds is 14. The average Bonchev–Trinajstić information content (AvgIpc) is 2.75. The number of morpholine rings is 1. The fourth-order valence-corrected chi connectivity index (χ4v) is 3.90. The van der Waals surface area contributed by atoms with Gasteiger partial charge in [0, 0.05) is 32.7 Å². The van der Waals surface area contributed by atoms with E-state index in [1.54, 1.807) is 12.1 Å². The molecule has 29 heavy (non-hydrogen) atoms. The van der Waals surface area contributed by atoms with E-state index in [1.165, 1.54) is 0 Å². The first kappa shape index (κ1) is 24.0. The zero-order chi connectivity index (χ0) is 21.0. The van der Waals surface area contributed by atoms with Crippen LogP contribution in [0.2, 0.25) is 0 Å². The molecular weight excluding hydrogens is 368 g/mol. The molecule has 1 aromatic rings. The van der Waals surface area contributed by atoms with Crippen molar-refractivity contribution in [3.05, 3.63) is 35.9 Å². The molecule has 0 aromatic heterocycles. The third kappa shape index (κ3) is 8.15. The van der Waals surface area contributed by atoms with E-state index in [2.05, 4.69) is 4.90 Å². The maximum atomic E-state index is 13.1. The first-order valence-corrected chi connectivity index (χ1v) is 11.1. The molecule has 164 valence electrons. The van der Waals surface area contributed by atoms with Crippen LogP contribution in [0, 0.1) is 5.92 Å². The predicted octanol–water partition coefficient (Wildman–Crippen LogP) is 2.42. The number of nitrogens with two attached hydrogens (primary N) is 1. The minimum absolute atomic E-state index is 0.0330. The number of carbonyl (C=O) groups is 1. The molecule has 4 N–H and O–H groups in total. The molecule has 1 aliphatic heterocycles. The summed E-state index contributed by atoms with van der Waals surface area (Å²) in [6.45, 7) is 3.51. The molecule has 2 atom stereocenters. The Balaban J connectivity index is 1.91. The molecule has 0 radical (unpaired) electrons. The summed E-state index contributed by atoms with van der Waals surface area (Å²) in [5.74, 6) is -0.627. The van der Waals surface area contributed by atoms with Crippen LogP contribution < -0.4 is 5.73 Å². The van der Waals surface area contributed by atoms with Gasteiger partial charge in [0.15, 0.2) is 5.72 Å². The van der Waals surface area contributed by atoms with E-state index in [9.17, 15) is 9.90 Å². The molecule has 1 heterocycles. The highest BCUT2D eigenvalue weighted by molar-refractivity contribution is 5.82. The number of benzene rings is 1. The van der Waals surface area contributed by atoms with Gasteiger partial charge in [-0.05, 0) is 18.4 Å². The zero-order valence-corrected chi connectivity index (χ0v) is 17.6. The van der Waals surface area contributed by atoms with Gasteiger partial charge in [-0.3, -0.25) is 15.4 Å². The second kappa shape index (κ2) is 13.1. The van der Waals surface area contributed by atoms with Crippen molar-refractivity contribution < 1.29 is 19.7 Å². The number of Topliss-reactive ketones (excluding diaryl/α,β-unsaturated/α-hetero) is 1. The van der Waals surface area contributed by atoms with Crippen LogP contribution in [-0.2, 0) is 15.3 Å². The molecule has 0 spiro atoms. The van der Waals surface area contributed by atoms with E-state index in [-0.39, 0.29) is 12.4 Å². The summed E-state index contributed by atoms with van der Waals surface area (Å²) in [6.07, 6.45) is 7.56. The Morgan fingerprint density at radius 2 is 1.62 bits per heavy atom. The van der Waals surface area contributed by atoms with Crippen molar-refractivity contribution in [2.45, 2.75) is 57.1 Å². The molecular formula is C23H38N2O4. The molecule has 1 aromatic carbocycles. The lowest BCUT2D eigenvalue weighted by atomic mass is 9.84. The smallest absolute Gasteiger partial charge is 0.150 e. The fourth-order valence-electron chi connectivity index (χ4n) is 3.90. The lowest BCUT2D eigenvalue weighted by molar-refractivity contribution is -0.136. The van der Waals surface area contributed by atoms with Gasteiger partial charge in [0.25, 0.3) is 0 Å². The number of hydrogen-bond acceptors (Lipinski definition) is 6. The monoisotopic (exact) mass is 406 g/mol. The number of carbonyl (C=O) groups excluding carboxylic acids is 1. The Morgan fingerprint density at radius 3 is 2.24 bits per heavy atom. The summed E-state index contributed by atoms with van der Waals surface area (Å²) in [4.78, 5) is 15.2. The highest BCUT2D eigenvalue weighted by Gasteiger charge is 2.40. The largest absolute Gasteiger partial charge is 0.396 e. The summed E-state index contributed by atoms with van der Waals surface area (Å²) in [5.41, 5.74) is 5.25. The van der Waals surface area contributed by atoms with Gasteiger partial charge in [0.05, 0.1) is 19.1 Å². The van der Waals surface area contributed by atoms with Crippen LogP contribution in [0.1, 0.15) is 56.9 Å². The molecule has 6 heteroatoms. The lowest BCUT2D eigenvalue weighted by Gasteiger charge is -2.37. The second-order valence-electron chi connectivity index (χ2n) is 8.07. The van der Waals surface area contributed by atoms with Gasteiger partial charge in [0.1, 0.15) is 5.78 Å². The molecule has 0 bridgehead atoms. The van der Waals surface area contributed by atoms with Crippen LogP contribution in [0.4, 0.5) is 0 Å². The van der Waals surface area contributed by atoms with E-state index >= 15 is 0 Å². The van der Waals surface area contributed by atoms with Gasteiger partial charge in [-0.1, -0.05) is 62.4 Å². The molecule has 1 fully saturated rings. The minimum Gasteiger partial charge on any atom is -0.396 e. The van der Waals surface area contributed by atoms with Gasteiger partial charge in [-0.2, -0.15) is 0 Å². The lowest BCUT2D eigenvalue weighted by Crippen LogP contribution is -2.53. The normalized spacial score (nSPS) is 18.3. The maximum Gasteiger partial charge on any atom is 0.150 e. The van der Waals surface area contributed by atoms with Crippen LogP contribution in [0.25, 0.3) is 0 Å². The summed E-state index contributed by atoms with van der Waals surface area (Å²) in [7, 11) is 0. The standard InChI is InChI=1S/C23H38N2O4/c24-23(28,20-11-7-6-8-12-20)21(19-25-14-17-29-18-15-25)22(27)13-9-4-2-1-3-5-10-16-26/h6-8,11-12,21,26,28H,1-5,9-10,13-19,24H2/t21-,23-/m1/s1. The van der Waals surface area contributed by atoms with Crippen LogP contribution in [-0.4, -0.2) is 60.4 Å². The van der Waals surface area contributed by atoms with Gasteiger partial charge in [-0.15, -0.1) is 0 Å². The second-order valence-corrected chi connectivity index (χ2v) is 8.07. The van der Waals surface area contributed by atoms with Gasteiger partial charge in [-0.25, -0.2) is 0 Å². The number of aliphatic hydroxyl groups excluding tert-OH is 1. The van der Waals surface area contributed by atoms with E-state index < -0.39 is 11.6 Å². The third-order valence-electron chi connectivity index (χ3n) is 5.78. The highest BCUT2D eigenvalue weighted by atomic mass is 16.5. The molecule has 2 rings (SSSR count). The molecule has 0 unspecified atom stereocenters. The van der Waals surface area contributed by atoms with E-state index in [0.29, 0.717) is 31.7 Å². The summed E-state index contributed by atoms with van der Waals surface area (Å²) >= 11 is 0. The number of nitrogens with zero attached hydrogens (tertiary/aromatic N) is 1.